The SMILES string of the molecule is NNC(=S)N=Nc1c(O)[nH]c2ccc([N+](=O)[O-])cc12. The number of aromatic amines is 1. The van der Waals surface area contributed by atoms with Gasteiger partial charge in [0, 0.05) is 17.5 Å². The average Bonchev–Trinajstić information content (AvgIpc) is 2.70. The lowest BCUT2D eigenvalue weighted by Crippen LogP contribution is -2.26. The first-order valence-electron chi connectivity index (χ1n) is 4.94. The van der Waals surface area contributed by atoms with Gasteiger partial charge in [0.25, 0.3) is 5.69 Å². The molecule has 2 aromatic rings. The molecular weight excluding hydrogens is 272 g/mol. The lowest BCUT2D eigenvalue weighted by molar-refractivity contribution is -0.384. The second kappa shape index (κ2) is 4.96. The Hall–Kier alpha value is -2.59. The van der Waals surface area contributed by atoms with E-state index < -0.39 is 4.92 Å². The number of rotatable bonds is 2. The molecule has 0 fully saturated rings. The molecule has 2 rings (SSSR count). The number of hydrogen-bond acceptors (Lipinski definition) is 6. The summed E-state index contributed by atoms with van der Waals surface area (Å²) in [5, 5.41) is 27.9. The van der Waals surface area contributed by atoms with Gasteiger partial charge in [0.1, 0.15) is 0 Å². The zero-order chi connectivity index (χ0) is 14.0. The summed E-state index contributed by atoms with van der Waals surface area (Å²) in [6.07, 6.45) is 0. The van der Waals surface area contributed by atoms with Crippen LogP contribution in [0.5, 0.6) is 5.88 Å². The summed E-state index contributed by atoms with van der Waals surface area (Å²) >= 11 is 4.67. The van der Waals surface area contributed by atoms with Crippen LogP contribution in [0.25, 0.3) is 10.9 Å². The first-order chi connectivity index (χ1) is 9.02. The molecule has 5 N–H and O–H groups in total. The van der Waals surface area contributed by atoms with Crippen LogP contribution in [-0.4, -0.2) is 20.1 Å². The van der Waals surface area contributed by atoms with Gasteiger partial charge in [-0.05, 0) is 18.3 Å². The van der Waals surface area contributed by atoms with Crippen LogP contribution >= 0.6 is 12.2 Å². The first kappa shape index (κ1) is 12.9. The van der Waals surface area contributed by atoms with Gasteiger partial charge < -0.3 is 10.1 Å². The molecule has 0 spiro atoms. The summed E-state index contributed by atoms with van der Waals surface area (Å²) in [4.78, 5) is 12.8. The minimum absolute atomic E-state index is 0.0521. The van der Waals surface area contributed by atoms with E-state index in [9.17, 15) is 15.2 Å². The van der Waals surface area contributed by atoms with Crippen LogP contribution in [0, 0.1) is 10.1 Å². The number of aromatic nitrogens is 1. The number of nitrogens with two attached hydrogens (primary N) is 1. The molecule has 0 saturated heterocycles. The number of nitro groups is 1. The van der Waals surface area contributed by atoms with E-state index in [4.69, 9.17) is 5.84 Å². The van der Waals surface area contributed by atoms with Crippen molar-refractivity contribution in [2.45, 2.75) is 0 Å². The predicted octanol–water partition coefficient (Wildman–Crippen LogP) is 1.61. The van der Waals surface area contributed by atoms with Crippen molar-refractivity contribution in [2.24, 2.45) is 16.1 Å². The smallest absolute Gasteiger partial charge is 0.270 e. The van der Waals surface area contributed by atoms with Crippen molar-refractivity contribution in [3.05, 3.63) is 28.3 Å². The maximum absolute atomic E-state index is 10.7. The summed E-state index contributed by atoms with van der Waals surface area (Å²) in [7, 11) is 0. The van der Waals surface area contributed by atoms with E-state index in [1.54, 1.807) is 0 Å². The maximum atomic E-state index is 10.7. The van der Waals surface area contributed by atoms with Crippen molar-refractivity contribution in [1.82, 2.24) is 10.4 Å². The highest BCUT2D eigenvalue weighted by molar-refractivity contribution is 7.80. The van der Waals surface area contributed by atoms with Crippen LogP contribution in [-0.2, 0) is 0 Å². The van der Waals surface area contributed by atoms with Crippen molar-refractivity contribution >= 4 is 39.6 Å². The molecule has 0 atom stereocenters. The standard InChI is InChI=1S/C9H8N6O3S/c10-12-9(19)14-13-7-5-3-4(15(17)18)1-2-6(5)11-8(7)16/h1-3,11,16H,10H2,(H,12,19). The second-order valence-electron chi connectivity index (χ2n) is 3.46. The van der Waals surface area contributed by atoms with Crippen LogP contribution in [0.3, 0.4) is 0 Å². The molecule has 0 aliphatic carbocycles. The number of hydrazine groups is 1. The lowest BCUT2D eigenvalue weighted by atomic mass is 10.2. The number of fused-ring (bicyclic) bond motifs is 1. The second-order valence-corrected chi connectivity index (χ2v) is 3.85. The molecule has 0 radical (unpaired) electrons. The first-order valence-corrected chi connectivity index (χ1v) is 5.35. The third kappa shape index (κ3) is 2.48. The van der Waals surface area contributed by atoms with Crippen LogP contribution in [0.15, 0.2) is 28.4 Å². The van der Waals surface area contributed by atoms with Gasteiger partial charge in [-0.15, -0.1) is 10.2 Å². The van der Waals surface area contributed by atoms with E-state index >= 15 is 0 Å². The minimum Gasteiger partial charge on any atom is -0.493 e. The van der Waals surface area contributed by atoms with E-state index in [1.807, 2.05) is 0 Å². The minimum atomic E-state index is -0.545. The fourth-order valence-corrected chi connectivity index (χ4v) is 1.53. The van der Waals surface area contributed by atoms with Gasteiger partial charge in [-0.25, -0.2) is 5.84 Å². The Labute approximate surface area is 111 Å². The number of nitro benzene ring substituents is 1. The molecule has 0 aliphatic rings. The molecule has 1 aromatic carbocycles. The number of azo groups is 1. The van der Waals surface area contributed by atoms with Gasteiger partial charge in [0.2, 0.25) is 11.0 Å². The highest BCUT2D eigenvalue weighted by Crippen LogP contribution is 2.37. The molecule has 0 amide bonds. The number of benzene rings is 1. The third-order valence-corrected chi connectivity index (χ3v) is 2.51. The highest BCUT2D eigenvalue weighted by Gasteiger charge is 2.14. The molecule has 1 aromatic heterocycles. The molecule has 10 heteroatoms. The van der Waals surface area contributed by atoms with Crippen LogP contribution in [0.4, 0.5) is 11.4 Å². The van der Waals surface area contributed by atoms with Crippen molar-refractivity contribution in [1.29, 1.82) is 0 Å². The number of thiocarbonyl (C=S) groups is 1. The number of hydrogen-bond donors (Lipinski definition) is 4. The highest BCUT2D eigenvalue weighted by atomic mass is 32.1. The van der Waals surface area contributed by atoms with Crippen molar-refractivity contribution in [3.63, 3.8) is 0 Å². The molecule has 0 bridgehead atoms. The van der Waals surface area contributed by atoms with Gasteiger partial charge in [-0.1, -0.05) is 0 Å². The Balaban J connectivity index is 2.55. The molecule has 9 nitrogen and oxygen atoms in total. The van der Waals surface area contributed by atoms with Crippen molar-refractivity contribution in [2.75, 3.05) is 0 Å². The number of nitrogens with one attached hydrogen (secondary N) is 2. The van der Waals surface area contributed by atoms with Gasteiger partial charge in [0.05, 0.1) is 10.4 Å². The summed E-state index contributed by atoms with van der Waals surface area (Å²) in [5.41, 5.74) is 2.51. The Bertz CT molecular complexity index is 695. The molecule has 0 unspecified atom stereocenters. The van der Waals surface area contributed by atoms with Gasteiger partial charge in [-0.3, -0.25) is 15.5 Å². The maximum Gasteiger partial charge on any atom is 0.270 e. The fraction of sp³-hybridized carbons (Fsp3) is 0. The Morgan fingerprint density at radius 2 is 2.32 bits per heavy atom. The van der Waals surface area contributed by atoms with Crippen LogP contribution in [0.1, 0.15) is 0 Å². The lowest BCUT2D eigenvalue weighted by Gasteiger charge is -1.94. The van der Waals surface area contributed by atoms with Crippen molar-refractivity contribution in [3.8, 4) is 5.88 Å². The Kier molecular flexibility index (Phi) is 3.35. The number of nitrogens with zero attached hydrogens (tertiary/aromatic N) is 3. The topological polar surface area (TPSA) is 142 Å². The van der Waals surface area contributed by atoms with E-state index in [-0.39, 0.29) is 22.4 Å². The zero-order valence-corrected chi connectivity index (χ0v) is 10.1. The molecular formula is C9H8N6O3S. The van der Waals surface area contributed by atoms with E-state index in [2.05, 4.69) is 32.9 Å². The zero-order valence-electron chi connectivity index (χ0n) is 9.32. The molecule has 0 aliphatic heterocycles. The number of H-pyrrole nitrogens is 1. The van der Waals surface area contributed by atoms with E-state index in [0.717, 1.165) is 0 Å². The summed E-state index contributed by atoms with van der Waals surface area (Å²) in [6.45, 7) is 0. The summed E-state index contributed by atoms with van der Waals surface area (Å²) < 4.78 is 0. The molecule has 0 saturated carbocycles. The fourth-order valence-electron chi connectivity index (χ4n) is 1.49. The van der Waals surface area contributed by atoms with Crippen LogP contribution in [0.2, 0.25) is 0 Å². The average molecular weight is 280 g/mol. The van der Waals surface area contributed by atoms with Gasteiger partial charge >= 0.3 is 0 Å². The monoisotopic (exact) mass is 280 g/mol. The Morgan fingerprint density at radius 1 is 1.58 bits per heavy atom. The normalized spacial score (nSPS) is 11.0. The predicted molar refractivity (Wildman–Crippen MR) is 71.1 cm³/mol. The number of aromatic hydroxyl groups is 1. The van der Waals surface area contributed by atoms with Crippen LogP contribution < -0.4 is 11.3 Å². The number of non-ortho nitro benzene ring substituents is 1. The summed E-state index contributed by atoms with van der Waals surface area (Å²) in [6, 6.07) is 4.05. The molecule has 1 heterocycles. The van der Waals surface area contributed by atoms with E-state index in [0.29, 0.717) is 10.9 Å². The Morgan fingerprint density at radius 3 is 2.95 bits per heavy atom. The molecule has 98 valence electrons. The molecule has 19 heavy (non-hydrogen) atoms. The van der Waals surface area contributed by atoms with Gasteiger partial charge in [0.15, 0.2) is 5.69 Å². The summed E-state index contributed by atoms with van der Waals surface area (Å²) in [5.74, 6) is 4.76. The van der Waals surface area contributed by atoms with E-state index in [1.165, 1.54) is 18.2 Å². The van der Waals surface area contributed by atoms with Crippen molar-refractivity contribution < 1.29 is 10.0 Å². The largest absolute Gasteiger partial charge is 0.493 e. The third-order valence-electron chi connectivity index (χ3n) is 2.31. The quantitative estimate of drug-likeness (QED) is 0.216. The van der Waals surface area contributed by atoms with Gasteiger partial charge in [-0.2, -0.15) is 0 Å².